The van der Waals surface area contributed by atoms with Crippen LogP contribution in [0.1, 0.15) is 29.5 Å². The Bertz CT molecular complexity index is 1040. The maximum atomic E-state index is 12.4. The van der Waals surface area contributed by atoms with E-state index in [9.17, 15) is 14.4 Å². The van der Waals surface area contributed by atoms with E-state index in [0.29, 0.717) is 19.5 Å². The van der Waals surface area contributed by atoms with Gasteiger partial charge in [-0.3, -0.25) is 19.7 Å². The van der Waals surface area contributed by atoms with Crippen molar-refractivity contribution in [3.8, 4) is 0 Å². The van der Waals surface area contributed by atoms with Crippen LogP contribution in [0.25, 0.3) is 6.08 Å². The smallest absolute Gasteiger partial charge is 0.308 e. The number of carbonyl (C=O) groups is 3. The number of hydrogen-bond acceptors (Lipinski definition) is 5. The molecule has 7 nitrogen and oxygen atoms in total. The number of carbonyl (C=O) groups excluding carboxylic acids is 3. The third-order valence-corrected chi connectivity index (χ3v) is 5.74. The maximum Gasteiger partial charge on any atom is 0.308 e. The van der Waals surface area contributed by atoms with Crippen molar-refractivity contribution in [2.75, 3.05) is 19.7 Å². The van der Waals surface area contributed by atoms with E-state index < -0.39 is 17.9 Å². The predicted molar refractivity (Wildman–Crippen MR) is 135 cm³/mol. The first-order chi connectivity index (χ1) is 16.4. The largest absolute Gasteiger partial charge is 0.466 e. The topological polar surface area (TPSA) is 87.7 Å². The Hall–Kier alpha value is -3.52. The summed E-state index contributed by atoms with van der Waals surface area (Å²) in [5.74, 6) is -1.20. The molecule has 2 aromatic carbocycles. The molecular formula is C26H29N3O4S. The second kappa shape index (κ2) is 12.6. The number of nitrogens with zero attached hydrogens (tertiary/aromatic N) is 1. The van der Waals surface area contributed by atoms with Crippen molar-refractivity contribution in [1.29, 1.82) is 0 Å². The molecule has 0 aromatic heterocycles. The molecule has 8 heteroatoms. The number of amides is 2. The van der Waals surface area contributed by atoms with E-state index in [0.717, 1.165) is 17.5 Å². The number of thiocarbonyl (C=S) groups is 1. The van der Waals surface area contributed by atoms with Crippen molar-refractivity contribution in [2.24, 2.45) is 0 Å². The summed E-state index contributed by atoms with van der Waals surface area (Å²) >= 11 is 5.37. The van der Waals surface area contributed by atoms with Crippen molar-refractivity contribution >= 4 is 41.2 Å². The fraction of sp³-hybridized carbons (Fsp3) is 0.308. The number of esters is 1. The van der Waals surface area contributed by atoms with Crippen molar-refractivity contribution in [2.45, 2.75) is 32.2 Å². The standard InChI is InChI=1S/C26H29N3O4S/c1-19-9-11-21(12-10-19)13-14-23(30)28-26(34)29-16-15-27-25(32)22(29)18-24(31)33-17-5-8-20-6-3-2-4-7-20/h2-4,6-7,9-14,22H,5,8,15-18H2,1H3,(H,27,32)(H,28,30,34). The average Bonchev–Trinajstić information content (AvgIpc) is 2.83. The zero-order chi connectivity index (χ0) is 24.3. The van der Waals surface area contributed by atoms with Gasteiger partial charge in [-0.2, -0.15) is 0 Å². The molecule has 3 rings (SSSR count). The molecular weight excluding hydrogens is 450 g/mol. The third kappa shape index (κ3) is 7.81. The summed E-state index contributed by atoms with van der Waals surface area (Å²) in [5.41, 5.74) is 3.19. The number of aryl methyl sites for hydroxylation is 2. The molecule has 178 valence electrons. The fourth-order valence-corrected chi connectivity index (χ4v) is 3.87. The van der Waals surface area contributed by atoms with Gasteiger partial charge in [0.05, 0.1) is 13.0 Å². The molecule has 0 aliphatic carbocycles. The Morgan fingerprint density at radius 3 is 2.65 bits per heavy atom. The lowest BCUT2D eigenvalue weighted by Gasteiger charge is -2.36. The molecule has 0 radical (unpaired) electrons. The number of piperazine rings is 1. The van der Waals surface area contributed by atoms with Gasteiger partial charge in [0.15, 0.2) is 5.11 Å². The highest BCUT2D eigenvalue weighted by Gasteiger charge is 2.34. The van der Waals surface area contributed by atoms with Gasteiger partial charge >= 0.3 is 5.97 Å². The second-order valence-electron chi connectivity index (χ2n) is 8.05. The highest BCUT2D eigenvalue weighted by molar-refractivity contribution is 7.80. The Morgan fingerprint density at radius 1 is 1.18 bits per heavy atom. The van der Waals surface area contributed by atoms with Crippen LogP contribution in [0.4, 0.5) is 0 Å². The lowest BCUT2D eigenvalue weighted by Crippen LogP contribution is -2.60. The third-order valence-electron chi connectivity index (χ3n) is 5.40. The van der Waals surface area contributed by atoms with Gasteiger partial charge in [0.2, 0.25) is 11.8 Å². The van der Waals surface area contributed by atoms with E-state index in [2.05, 4.69) is 10.6 Å². The monoisotopic (exact) mass is 479 g/mol. The average molecular weight is 480 g/mol. The Kier molecular flexibility index (Phi) is 9.34. The summed E-state index contributed by atoms with van der Waals surface area (Å²) in [7, 11) is 0. The summed E-state index contributed by atoms with van der Waals surface area (Å²) in [6.45, 7) is 3.02. The minimum atomic E-state index is -0.829. The van der Waals surface area contributed by atoms with Crippen LogP contribution in [-0.2, 0) is 25.5 Å². The molecule has 0 spiro atoms. The van der Waals surface area contributed by atoms with Crippen molar-refractivity contribution in [3.05, 3.63) is 77.4 Å². The SMILES string of the molecule is Cc1ccc(C=CC(=O)NC(=S)N2CCNC(=O)C2CC(=O)OCCCc2ccccc2)cc1. The number of nitrogens with one attached hydrogen (secondary N) is 2. The van der Waals surface area contributed by atoms with E-state index in [1.54, 1.807) is 11.0 Å². The predicted octanol–water partition coefficient (Wildman–Crippen LogP) is 2.78. The summed E-state index contributed by atoms with van der Waals surface area (Å²) in [5, 5.41) is 5.47. The zero-order valence-corrected chi connectivity index (χ0v) is 20.0. The first kappa shape index (κ1) is 25.1. The van der Waals surface area contributed by atoms with Gasteiger partial charge in [-0.25, -0.2) is 0 Å². The molecule has 1 fully saturated rings. The molecule has 0 bridgehead atoms. The summed E-state index contributed by atoms with van der Waals surface area (Å²) in [6.07, 6.45) is 4.42. The van der Waals surface area contributed by atoms with Crippen LogP contribution < -0.4 is 10.6 Å². The van der Waals surface area contributed by atoms with Crippen LogP contribution in [-0.4, -0.2) is 53.5 Å². The molecule has 1 atom stereocenters. The Morgan fingerprint density at radius 2 is 1.91 bits per heavy atom. The first-order valence-corrected chi connectivity index (χ1v) is 11.7. The molecule has 2 aromatic rings. The van der Waals surface area contributed by atoms with E-state index in [1.165, 1.54) is 11.6 Å². The number of ether oxygens (including phenoxy) is 1. The fourth-order valence-electron chi connectivity index (χ4n) is 3.55. The minimum Gasteiger partial charge on any atom is -0.466 e. The zero-order valence-electron chi connectivity index (χ0n) is 19.2. The highest BCUT2D eigenvalue weighted by Crippen LogP contribution is 2.12. The second-order valence-corrected chi connectivity index (χ2v) is 8.44. The van der Waals surface area contributed by atoms with Gasteiger partial charge in [0.1, 0.15) is 6.04 Å². The number of hydrogen-bond donors (Lipinski definition) is 2. The first-order valence-electron chi connectivity index (χ1n) is 11.3. The van der Waals surface area contributed by atoms with Crippen molar-refractivity contribution < 1.29 is 19.1 Å². The molecule has 2 N–H and O–H groups in total. The normalized spacial score (nSPS) is 15.6. The summed E-state index contributed by atoms with van der Waals surface area (Å²) in [6, 6.07) is 16.9. The number of benzene rings is 2. The van der Waals surface area contributed by atoms with Crippen LogP contribution in [0.2, 0.25) is 0 Å². The quantitative estimate of drug-likeness (QED) is 0.262. The van der Waals surface area contributed by atoms with Gasteiger partial charge in [-0.15, -0.1) is 0 Å². The van der Waals surface area contributed by atoms with E-state index in [1.807, 2.05) is 61.5 Å². The summed E-state index contributed by atoms with van der Waals surface area (Å²) < 4.78 is 5.33. The molecule has 0 saturated carbocycles. The van der Waals surface area contributed by atoms with Gasteiger partial charge in [-0.05, 0) is 49.2 Å². The van der Waals surface area contributed by atoms with Gasteiger partial charge in [0, 0.05) is 19.2 Å². The maximum absolute atomic E-state index is 12.4. The van der Waals surface area contributed by atoms with E-state index in [4.69, 9.17) is 17.0 Å². The van der Waals surface area contributed by atoms with E-state index in [-0.39, 0.29) is 24.0 Å². The van der Waals surface area contributed by atoms with Gasteiger partial charge in [-0.1, -0.05) is 60.2 Å². The molecule has 1 unspecified atom stereocenters. The van der Waals surface area contributed by atoms with Crippen LogP contribution in [0.3, 0.4) is 0 Å². The Labute approximate surface area is 205 Å². The Balaban J connectivity index is 1.49. The molecule has 1 saturated heterocycles. The van der Waals surface area contributed by atoms with Crippen LogP contribution in [0.5, 0.6) is 0 Å². The van der Waals surface area contributed by atoms with Crippen molar-refractivity contribution in [3.63, 3.8) is 0 Å². The minimum absolute atomic E-state index is 0.107. The molecule has 1 heterocycles. The van der Waals surface area contributed by atoms with Gasteiger partial charge < -0.3 is 15.0 Å². The highest BCUT2D eigenvalue weighted by atomic mass is 32.1. The molecule has 1 aliphatic heterocycles. The van der Waals surface area contributed by atoms with Crippen LogP contribution >= 0.6 is 12.2 Å². The molecule has 1 aliphatic rings. The molecule has 2 amide bonds. The lowest BCUT2D eigenvalue weighted by atomic mass is 10.1. The molecule has 34 heavy (non-hydrogen) atoms. The number of rotatable bonds is 8. The lowest BCUT2D eigenvalue weighted by molar-refractivity contribution is -0.147. The van der Waals surface area contributed by atoms with Crippen molar-refractivity contribution in [1.82, 2.24) is 15.5 Å². The van der Waals surface area contributed by atoms with Crippen LogP contribution in [0.15, 0.2) is 60.7 Å². The van der Waals surface area contributed by atoms with E-state index >= 15 is 0 Å². The van der Waals surface area contributed by atoms with Gasteiger partial charge in [0.25, 0.3) is 0 Å². The van der Waals surface area contributed by atoms with Crippen LogP contribution in [0, 0.1) is 6.92 Å². The summed E-state index contributed by atoms with van der Waals surface area (Å²) in [4.78, 5) is 38.7.